The molecular weight excluding hydrogens is 226 g/mol. The number of sulfonamides is 1. The number of anilines is 1. The highest BCUT2D eigenvalue weighted by Crippen LogP contribution is 2.10. The number of nitrogens with zero attached hydrogens (tertiary/aromatic N) is 2. The highest BCUT2D eigenvalue weighted by atomic mass is 35.5. The van der Waals surface area contributed by atoms with Crippen LogP contribution >= 0.6 is 11.6 Å². The third kappa shape index (κ3) is 2.81. The summed E-state index contributed by atoms with van der Waals surface area (Å²) >= 11 is 5.50. The first kappa shape index (κ1) is 11.2. The largest absolute Gasteiger partial charge is 0.267 e. The second-order valence-corrected chi connectivity index (χ2v) is 5.48. The van der Waals surface area contributed by atoms with Crippen molar-refractivity contribution in [2.24, 2.45) is 0 Å². The van der Waals surface area contributed by atoms with E-state index in [9.17, 15) is 8.42 Å². The first-order valence-electron chi connectivity index (χ1n) is 3.92. The molecule has 0 fully saturated rings. The normalized spacial score (nSPS) is 11.7. The second-order valence-electron chi connectivity index (χ2n) is 2.91. The SMILES string of the molecule is CC(C)S(=O)(=O)Nc1ccnc(Cl)n1. The molecule has 1 rings (SSSR count). The van der Waals surface area contributed by atoms with Crippen molar-refractivity contribution in [1.82, 2.24) is 9.97 Å². The average Bonchev–Trinajstić information content (AvgIpc) is 2.02. The van der Waals surface area contributed by atoms with Gasteiger partial charge in [-0.15, -0.1) is 0 Å². The van der Waals surface area contributed by atoms with Crippen molar-refractivity contribution < 1.29 is 8.42 Å². The Bertz CT molecular complexity index is 419. The van der Waals surface area contributed by atoms with Gasteiger partial charge in [-0.2, -0.15) is 4.98 Å². The molecule has 0 spiro atoms. The summed E-state index contributed by atoms with van der Waals surface area (Å²) in [6.45, 7) is 3.15. The Kier molecular flexibility index (Phi) is 3.28. The lowest BCUT2D eigenvalue weighted by Gasteiger charge is -2.09. The number of nitrogens with one attached hydrogen (secondary N) is 1. The molecule has 1 aromatic heterocycles. The van der Waals surface area contributed by atoms with Gasteiger partial charge >= 0.3 is 0 Å². The van der Waals surface area contributed by atoms with Gasteiger partial charge in [0.25, 0.3) is 0 Å². The molecule has 0 atom stereocenters. The van der Waals surface area contributed by atoms with Crippen LogP contribution in [0.25, 0.3) is 0 Å². The lowest BCUT2D eigenvalue weighted by Crippen LogP contribution is -2.23. The van der Waals surface area contributed by atoms with Crippen molar-refractivity contribution in [1.29, 1.82) is 0 Å². The minimum Gasteiger partial charge on any atom is -0.267 e. The topological polar surface area (TPSA) is 72.0 Å². The van der Waals surface area contributed by atoms with Crippen molar-refractivity contribution in [3.8, 4) is 0 Å². The monoisotopic (exact) mass is 235 g/mol. The van der Waals surface area contributed by atoms with Crippen LogP contribution in [0.3, 0.4) is 0 Å². The Morgan fingerprint density at radius 2 is 2.14 bits per heavy atom. The fourth-order valence-corrected chi connectivity index (χ4v) is 1.44. The Morgan fingerprint density at radius 1 is 1.50 bits per heavy atom. The minimum absolute atomic E-state index is 0.00829. The molecule has 0 aliphatic carbocycles. The Balaban J connectivity index is 2.90. The molecule has 1 aromatic rings. The van der Waals surface area contributed by atoms with Crippen molar-refractivity contribution in [2.45, 2.75) is 19.1 Å². The van der Waals surface area contributed by atoms with E-state index in [0.717, 1.165) is 0 Å². The quantitative estimate of drug-likeness (QED) is 0.802. The van der Waals surface area contributed by atoms with E-state index in [1.54, 1.807) is 13.8 Å². The molecule has 0 unspecified atom stereocenters. The molecule has 0 aliphatic rings. The van der Waals surface area contributed by atoms with Crippen LogP contribution in [0.1, 0.15) is 13.8 Å². The van der Waals surface area contributed by atoms with Crippen LogP contribution < -0.4 is 4.72 Å². The maximum Gasteiger partial charge on any atom is 0.236 e. The van der Waals surface area contributed by atoms with E-state index < -0.39 is 15.3 Å². The van der Waals surface area contributed by atoms with Gasteiger partial charge in [-0.1, -0.05) is 0 Å². The third-order valence-electron chi connectivity index (χ3n) is 1.49. The van der Waals surface area contributed by atoms with E-state index in [0.29, 0.717) is 0 Å². The van der Waals surface area contributed by atoms with Gasteiger partial charge < -0.3 is 0 Å². The zero-order valence-electron chi connectivity index (χ0n) is 7.73. The first-order valence-corrected chi connectivity index (χ1v) is 5.84. The average molecular weight is 236 g/mol. The van der Waals surface area contributed by atoms with E-state index in [1.807, 2.05) is 0 Å². The van der Waals surface area contributed by atoms with Gasteiger partial charge in [-0.3, -0.25) is 4.72 Å². The maximum absolute atomic E-state index is 11.4. The molecule has 0 bridgehead atoms. The van der Waals surface area contributed by atoms with Gasteiger partial charge in [-0.25, -0.2) is 13.4 Å². The molecule has 7 heteroatoms. The summed E-state index contributed by atoms with van der Waals surface area (Å²) in [5, 5.41) is -0.509. The van der Waals surface area contributed by atoms with E-state index >= 15 is 0 Å². The van der Waals surface area contributed by atoms with Gasteiger partial charge in [0, 0.05) is 6.20 Å². The Hall–Kier alpha value is -0.880. The predicted molar refractivity (Wildman–Crippen MR) is 54.7 cm³/mol. The van der Waals surface area contributed by atoms with Crippen LogP contribution in [0.5, 0.6) is 0 Å². The molecular formula is C7H10ClN3O2S. The zero-order chi connectivity index (χ0) is 10.8. The molecule has 0 radical (unpaired) electrons. The summed E-state index contributed by atoms with van der Waals surface area (Å²) < 4.78 is 25.1. The molecule has 0 aromatic carbocycles. The summed E-state index contributed by atoms with van der Waals surface area (Å²) in [5.74, 6) is 0.179. The van der Waals surface area contributed by atoms with Crippen molar-refractivity contribution in [2.75, 3.05) is 4.72 Å². The number of rotatable bonds is 3. The van der Waals surface area contributed by atoms with Crippen molar-refractivity contribution in [3.05, 3.63) is 17.5 Å². The minimum atomic E-state index is -3.37. The van der Waals surface area contributed by atoms with Crippen LogP contribution in [-0.4, -0.2) is 23.6 Å². The highest BCUT2D eigenvalue weighted by molar-refractivity contribution is 7.93. The van der Waals surface area contributed by atoms with E-state index in [4.69, 9.17) is 11.6 Å². The van der Waals surface area contributed by atoms with Crippen LogP contribution in [0.2, 0.25) is 5.28 Å². The molecule has 1 heterocycles. The molecule has 14 heavy (non-hydrogen) atoms. The molecule has 78 valence electrons. The summed E-state index contributed by atoms with van der Waals surface area (Å²) in [4.78, 5) is 7.34. The summed E-state index contributed by atoms with van der Waals surface area (Å²) in [6.07, 6.45) is 1.38. The van der Waals surface area contributed by atoms with Gasteiger partial charge in [-0.05, 0) is 31.5 Å². The second kappa shape index (κ2) is 4.10. The zero-order valence-corrected chi connectivity index (χ0v) is 9.30. The lowest BCUT2D eigenvalue weighted by atomic mass is 10.6. The van der Waals surface area contributed by atoms with Crippen LogP contribution in [0.4, 0.5) is 5.82 Å². The summed E-state index contributed by atoms with van der Waals surface area (Å²) in [7, 11) is -3.37. The molecule has 0 saturated carbocycles. The van der Waals surface area contributed by atoms with Crippen LogP contribution in [0, 0.1) is 0 Å². The summed E-state index contributed by atoms with van der Waals surface area (Å²) in [5.41, 5.74) is 0. The number of aromatic nitrogens is 2. The van der Waals surface area contributed by atoms with Crippen LogP contribution in [0.15, 0.2) is 12.3 Å². The highest BCUT2D eigenvalue weighted by Gasteiger charge is 2.16. The summed E-state index contributed by atoms with van der Waals surface area (Å²) in [6, 6.07) is 1.44. The lowest BCUT2D eigenvalue weighted by molar-refractivity contribution is 0.592. The molecule has 0 aliphatic heterocycles. The maximum atomic E-state index is 11.4. The van der Waals surface area contributed by atoms with Crippen molar-refractivity contribution >= 4 is 27.4 Å². The van der Waals surface area contributed by atoms with Gasteiger partial charge in [0.1, 0.15) is 5.82 Å². The number of hydrogen-bond donors (Lipinski definition) is 1. The molecule has 0 saturated heterocycles. The standard InChI is InChI=1S/C7H10ClN3O2S/c1-5(2)14(12,13)11-6-3-4-9-7(8)10-6/h3-5H,1-2H3,(H,9,10,11). The molecule has 0 amide bonds. The fourth-order valence-electron chi connectivity index (χ4n) is 0.655. The molecule has 5 nitrogen and oxygen atoms in total. The van der Waals surface area contributed by atoms with E-state index in [2.05, 4.69) is 14.7 Å². The first-order chi connectivity index (χ1) is 6.42. The van der Waals surface area contributed by atoms with Crippen molar-refractivity contribution in [3.63, 3.8) is 0 Å². The van der Waals surface area contributed by atoms with Crippen LogP contribution in [-0.2, 0) is 10.0 Å². The van der Waals surface area contributed by atoms with Gasteiger partial charge in [0.05, 0.1) is 5.25 Å². The third-order valence-corrected chi connectivity index (χ3v) is 3.41. The fraction of sp³-hybridized carbons (Fsp3) is 0.429. The molecule has 1 N–H and O–H groups in total. The van der Waals surface area contributed by atoms with Gasteiger partial charge in [0.2, 0.25) is 15.3 Å². The van der Waals surface area contributed by atoms with Gasteiger partial charge in [0.15, 0.2) is 0 Å². The van der Waals surface area contributed by atoms with E-state index in [-0.39, 0.29) is 11.1 Å². The smallest absolute Gasteiger partial charge is 0.236 e. The Labute approximate surface area is 87.6 Å². The number of halogens is 1. The Morgan fingerprint density at radius 3 is 2.64 bits per heavy atom. The predicted octanol–water partition coefficient (Wildman–Crippen LogP) is 1.28. The van der Waals surface area contributed by atoms with E-state index in [1.165, 1.54) is 12.3 Å². The number of hydrogen-bond acceptors (Lipinski definition) is 4.